The molecule has 5 nitrogen and oxygen atoms in total. The van der Waals surface area contributed by atoms with Gasteiger partial charge in [0.25, 0.3) is 0 Å². The fraction of sp³-hybridized carbons (Fsp3) is 0.375. The van der Waals surface area contributed by atoms with Crippen LogP contribution in [0, 0.1) is 0 Å². The van der Waals surface area contributed by atoms with Crippen molar-refractivity contribution in [3.8, 4) is 0 Å². The van der Waals surface area contributed by atoms with E-state index >= 15 is 0 Å². The summed E-state index contributed by atoms with van der Waals surface area (Å²) in [6.45, 7) is 2.02. The number of fused-ring (bicyclic) bond motifs is 2. The number of halogens is 1. The quantitative estimate of drug-likeness (QED) is 0.735. The van der Waals surface area contributed by atoms with Crippen molar-refractivity contribution in [3.05, 3.63) is 30.5 Å². The first-order chi connectivity index (χ1) is 10.2. The Hall–Kier alpha value is -1.85. The smallest absolute Gasteiger partial charge is 0.160 e. The van der Waals surface area contributed by atoms with E-state index < -0.39 is 0 Å². The van der Waals surface area contributed by atoms with E-state index in [4.69, 9.17) is 4.98 Å². The van der Waals surface area contributed by atoms with Crippen molar-refractivity contribution in [1.29, 1.82) is 0 Å². The third-order valence-electron chi connectivity index (χ3n) is 3.66. The highest BCUT2D eigenvalue weighted by Crippen LogP contribution is 2.30. The minimum atomic E-state index is 0. The Kier molecular flexibility index (Phi) is 5.21. The van der Waals surface area contributed by atoms with Gasteiger partial charge in [-0.1, -0.05) is 18.2 Å². The van der Waals surface area contributed by atoms with Crippen molar-refractivity contribution >= 4 is 40.0 Å². The topological polar surface area (TPSA) is 46.0 Å². The largest absolute Gasteiger partial charge is 0.384 e. The number of aryl methyl sites for hydroxylation is 1. The van der Waals surface area contributed by atoms with E-state index in [-0.39, 0.29) is 12.4 Å². The Balaban J connectivity index is 0.00000176. The molecule has 2 heterocycles. The van der Waals surface area contributed by atoms with Crippen LogP contribution in [0.3, 0.4) is 0 Å². The molecule has 0 saturated carbocycles. The standard InChI is InChI=1S/C16H21N5.ClH/c1-20(2)10-6-9-17-15-12-7-4-5-8-14(12)19-16-13(15)11-18-21(16)3;/h4-5,7-8,11H,6,9-10H2,1-3H3,(H,17,19);1H. The summed E-state index contributed by atoms with van der Waals surface area (Å²) >= 11 is 0. The number of nitrogens with zero attached hydrogens (tertiary/aromatic N) is 4. The maximum Gasteiger partial charge on any atom is 0.160 e. The fourth-order valence-electron chi connectivity index (χ4n) is 2.58. The summed E-state index contributed by atoms with van der Waals surface area (Å²) in [5, 5.41) is 10.2. The molecule has 118 valence electrons. The van der Waals surface area contributed by atoms with Crippen molar-refractivity contribution < 1.29 is 0 Å². The Morgan fingerprint density at radius 2 is 1.95 bits per heavy atom. The van der Waals surface area contributed by atoms with Crippen LogP contribution in [0.5, 0.6) is 0 Å². The van der Waals surface area contributed by atoms with Crippen molar-refractivity contribution in [2.24, 2.45) is 7.05 Å². The van der Waals surface area contributed by atoms with Gasteiger partial charge >= 0.3 is 0 Å². The van der Waals surface area contributed by atoms with Gasteiger partial charge in [0.1, 0.15) is 0 Å². The van der Waals surface area contributed by atoms with Gasteiger partial charge in [0.05, 0.1) is 22.8 Å². The van der Waals surface area contributed by atoms with Crippen LogP contribution in [-0.2, 0) is 7.05 Å². The van der Waals surface area contributed by atoms with Gasteiger partial charge in [-0.3, -0.25) is 4.68 Å². The summed E-state index contributed by atoms with van der Waals surface area (Å²) in [5.41, 5.74) is 3.06. The Labute approximate surface area is 136 Å². The molecular weight excluding hydrogens is 298 g/mol. The molecule has 0 atom stereocenters. The van der Waals surface area contributed by atoms with Crippen molar-refractivity contribution in [2.45, 2.75) is 6.42 Å². The van der Waals surface area contributed by atoms with Crippen LogP contribution in [0.2, 0.25) is 0 Å². The molecule has 0 spiro atoms. The van der Waals surface area contributed by atoms with E-state index in [0.717, 1.165) is 47.1 Å². The molecule has 0 fully saturated rings. The number of anilines is 1. The molecule has 0 amide bonds. The molecule has 3 rings (SSSR count). The summed E-state index contributed by atoms with van der Waals surface area (Å²) in [6, 6.07) is 8.24. The van der Waals surface area contributed by atoms with Gasteiger partial charge in [-0.15, -0.1) is 12.4 Å². The lowest BCUT2D eigenvalue weighted by Crippen LogP contribution is -2.16. The average molecular weight is 320 g/mol. The molecule has 3 aromatic rings. The van der Waals surface area contributed by atoms with Crippen LogP contribution < -0.4 is 5.32 Å². The van der Waals surface area contributed by atoms with E-state index in [1.807, 2.05) is 30.1 Å². The lowest BCUT2D eigenvalue weighted by Gasteiger charge is -2.13. The number of pyridine rings is 1. The number of hydrogen-bond acceptors (Lipinski definition) is 4. The van der Waals surface area contributed by atoms with Gasteiger partial charge in [-0.2, -0.15) is 5.10 Å². The first-order valence-corrected chi connectivity index (χ1v) is 7.26. The normalized spacial score (nSPS) is 11.1. The minimum absolute atomic E-state index is 0. The zero-order valence-corrected chi connectivity index (χ0v) is 14.0. The molecule has 0 saturated heterocycles. The Morgan fingerprint density at radius 1 is 1.18 bits per heavy atom. The number of nitrogens with one attached hydrogen (secondary N) is 1. The molecule has 6 heteroatoms. The lowest BCUT2D eigenvalue weighted by atomic mass is 10.1. The van der Waals surface area contributed by atoms with Crippen LogP contribution in [0.15, 0.2) is 30.5 Å². The second-order valence-electron chi connectivity index (χ2n) is 5.59. The maximum absolute atomic E-state index is 4.71. The Morgan fingerprint density at radius 3 is 2.73 bits per heavy atom. The molecule has 1 N–H and O–H groups in total. The van der Waals surface area contributed by atoms with Gasteiger partial charge in [0, 0.05) is 19.0 Å². The monoisotopic (exact) mass is 319 g/mol. The maximum atomic E-state index is 4.71. The molecule has 2 aromatic heterocycles. The average Bonchev–Trinajstić information content (AvgIpc) is 2.84. The fourth-order valence-corrected chi connectivity index (χ4v) is 2.58. The zero-order chi connectivity index (χ0) is 14.8. The highest BCUT2D eigenvalue weighted by Gasteiger charge is 2.11. The molecule has 0 aliphatic carbocycles. The van der Waals surface area contributed by atoms with Crippen molar-refractivity contribution in [3.63, 3.8) is 0 Å². The first-order valence-electron chi connectivity index (χ1n) is 7.26. The van der Waals surface area contributed by atoms with E-state index in [9.17, 15) is 0 Å². The number of benzene rings is 1. The van der Waals surface area contributed by atoms with E-state index in [0.29, 0.717) is 0 Å². The Bertz CT molecular complexity index is 766. The summed E-state index contributed by atoms with van der Waals surface area (Å²) in [7, 11) is 6.13. The van der Waals surface area contributed by atoms with Crippen LogP contribution in [0.4, 0.5) is 5.69 Å². The van der Waals surface area contributed by atoms with Crippen LogP contribution in [0.1, 0.15) is 6.42 Å². The van der Waals surface area contributed by atoms with Gasteiger partial charge in [-0.05, 0) is 33.1 Å². The molecular formula is C16H22ClN5. The second-order valence-corrected chi connectivity index (χ2v) is 5.59. The molecule has 0 aliphatic heterocycles. The van der Waals surface area contributed by atoms with Gasteiger partial charge < -0.3 is 10.2 Å². The second kappa shape index (κ2) is 6.94. The molecule has 0 aliphatic rings. The summed E-state index contributed by atoms with van der Waals surface area (Å²) < 4.78 is 1.83. The van der Waals surface area contributed by atoms with Crippen LogP contribution >= 0.6 is 12.4 Å². The van der Waals surface area contributed by atoms with E-state index in [2.05, 4.69) is 41.5 Å². The zero-order valence-electron chi connectivity index (χ0n) is 13.2. The number of para-hydroxylation sites is 1. The van der Waals surface area contributed by atoms with Crippen LogP contribution in [-0.4, -0.2) is 46.8 Å². The van der Waals surface area contributed by atoms with Crippen molar-refractivity contribution in [2.75, 3.05) is 32.5 Å². The number of hydrogen-bond donors (Lipinski definition) is 1. The lowest BCUT2D eigenvalue weighted by molar-refractivity contribution is 0.405. The van der Waals surface area contributed by atoms with E-state index in [1.165, 1.54) is 0 Å². The van der Waals surface area contributed by atoms with E-state index in [1.54, 1.807) is 0 Å². The van der Waals surface area contributed by atoms with Crippen molar-refractivity contribution in [1.82, 2.24) is 19.7 Å². The summed E-state index contributed by atoms with van der Waals surface area (Å²) in [4.78, 5) is 6.91. The third kappa shape index (κ3) is 3.15. The van der Waals surface area contributed by atoms with Crippen LogP contribution in [0.25, 0.3) is 21.9 Å². The highest BCUT2D eigenvalue weighted by atomic mass is 35.5. The predicted molar refractivity (Wildman–Crippen MR) is 94.9 cm³/mol. The molecule has 0 bridgehead atoms. The number of aromatic nitrogens is 3. The molecule has 1 aromatic carbocycles. The van der Waals surface area contributed by atoms with Gasteiger partial charge in [0.15, 0.2) is 5.65 Å². The molecule has 0 unspecified atom stereocenters. The van der Waals surface area contributed by atoms with Gasteiger partial charge in [0.2, 0.25) is 0 Å². The third-order valence-corrected chi connectivity index (χ3v) is 3.66. The van der Waals surface area contributed by atoms with Gasteiger partial charge in [-0.25, -0.2) is 4.98 Å². The number of rotatable bonds is 5. The summed E-state index contributed by atoms with van der Waals surface area (Å²) in [6.07, 6.45) is 2.99. The SMILES string of the molecule is CN(C)CCCNc1c2ccccc2nc2c1cnn2C.Cl. The molecule has 0 radical (unpaired) electrons. The first kappa shape index (κ1) is 16.5. The summed E-state index contributed by atoms with van der Waals surface area (Å²) in [5.74, 6) is 0. The molecule has 22 heavy (non-hydrogen) atoms. The highest BCUT2D eigenvalue weighted by molar-refractivity contribution is 6.06. The predicted octanol–water partition coefficient (Wildman–Crippen LogP) is 2.91. The minimum Gasteiger partial charge on any atom is -0.384 e.